The van der Waals surface area contributed by atoms with Crippen molar-refractivity contribution in [3.05, 3.63) is 96.6 Å². The van der Waals surface area contributed by atoms with E-state index in [1.807, 2.05) is 66.7 Å². The zero-order valence-electron chi connectivity index (χ0n) is 17.9. The number of rotatable bonds is 7. The van der Waals surface area contributed by atoms with Gasteiger partial charge in [0.25, 0.3) is 0 Å². The number of benzene rings is 3. The van der Waals surface area contributed by atoms with E-state index in [0.29, 0.717) is 5.75 Å². The molecule has 160 valence electrons. The molecule has 0 spiro atoms. The lowest BCUT2D eigenvalue weighted by molar-refractivity contribution is -0.111. The van der Waals surface area contributed by atoms with Crippen molar-refractivity contribution < 1.29 is 14.3 Å². The van der Waals surface area contributed by atoms with Gasteiger partial charge in [-0.25, -0.2) is 0 Å². The largest absolute Gasteiger partial charge is 0.497 e. The number of nitrogens with one attached hydrogen (secondary N) is 1. The van der Waals surface area contributed by atoms with Crippen molar-refractivity contribution in [2.75, 3.05) is 19.5 Å². The fourth-order valence-electron chi connectivity index (χ4n) is 3.31. The molecule has 0 saturated carbocycles. The monoisotopic (exact) mass is 441 g/mol. The summed E-state index contributed by atoms with van der Waals surface area (Å²) in [5, 5.41) is 2.85. The Morgan fingerprint density at radius 1 is 0.812 bits per heavy atom. The molecule has 0 aliphatic carbocycles. The van der Waals surface area contributed by atoms with Gasteiger partial charge in [0.05, 0.1) is 14.2 Å². The smallest absolute Gasteiger partial charge is 0.248 e. The number of hydrogen-bond donors (Lipinski definition) is 1. The summed E-state index contributed by atoms with van der Waals surface area (Å²) in [5.74, 6) is 1.35. The molecule has 0 fully saturated rings. The number of thiophene rings is 1. The Balaban J connectivity index is 1.57. The lowest BCUT2D eigenvalue weighted by Crippen LogP contribution is -2.07. The highest BCUT2D eigenvalue weighted by Gasteiger charge is 2.09. The molecule has 3 aromatic carbocycles. The Kier molecular flexibility index (Phi) is 6.68. The molecule has 4 aromatic rings. The highest BCUT2D eigenvalue weighted by molar-refractivity contribution is 7.18. The molecule has 1 amide bonds. The molecule has 0 atom stereocenters. The molecule has 4 nitrogen and oxygen atoms in total. The van der Waals surface area contributed by atoms with Crippen molar-refractivity contribution in [1.29, 1.82) is 0 Å². The van der Waals surface area contributed by atoms with E-state index in [1.54, 1.807) is 31.6 Å². The molecular weight excluding hydrogens is 418 g/mol. The Hall–Kier alpha value is -3.83. The molecule has 0 aliphatic rings. The highest BCUT2D eigenvalue weighted by Crippen LogP contribution is 2.37. The Bertz CT molecular complexity index is 1240. The molecule has 0 saturated heterocycles. The van der Waals surface area contributed by atoms with Gasteiger partial charge in [-0.05, 0) is 71.8 Å². The maximum Gasteiger partial charge on any atom is 0.248 e. The van der Waals surface area contributed by atoms with E-state index < -0.39 is 0 Å². The number of para-hydroxylation sites is 1. The first-order chi connectivity index (χ1) is 15.7. The highest BCUT2D eigenvalue weighted by atomic mass is 32.1. The molecule has 32 heavy (non-hydrogen) atoms. The molecule has 0 unspecified atom stereocenters. The summed E-state index contributed by atoms with van der Waals surface area (Å²) in [7, 11) is 3.30. The van der Waals surface area contributed by atoms with Gasteiger partial charge in [-0.2, -0.15) is 0 Å². The normalized spacial score (nSPS) is 10.8. The number of hydrogen-bond acceptors (Lipinski definition) is 4. The van der Waals surface area contributed by atoms with Gasteiger partial charge in [0.1, 0.15) is 11.5 Å². The van der Waals surface area contributed by atoms with Gasteiger partial charge in [-0.1, -0.05) is 30.3 Å². The first-order valence-electron chi connectivity index (χ1n) is 10.1. The van der Waals surface area contributed by atoms with E-state index in [1.165, 1.54) is 6.08 Å². The second kappa shape index (κ2) is 9.98. The van der Waals surface area contributed by atoms with E-state index >= 15 is 0 Å². The fourth-order valence-corrected chi connectivity index (χ4v) is 4.31. The average Bonchev–Trinajstić information content (AvgIpc) is 3.34. The van der Waals surface area contributed by atoms with E-state index in [9.17, 15) is 4.79 Å². The van der Waals surface area contributed by atoms with Crippen LogP contribution in [0, 0.1) is 0 Å². The summed E-state index contributed by atoms with van der Waals surface area (Å²) in [4.78, 5) is 14.6. The first-order valence-corrected chi connectivity index (χ1v) is 10.9. The third-order valence-electron chi connectivity index (χ3n) is 4.93. The van der Waals surface area contributed by atoms with Gasteiger partial charge in [0, 0.05) is 27.1 Å². The zero-order valence-corrected chi connectivity index (χ0v) is 18.7. The average molecular weight is 442 g/mol. The maximum atomic E-state index is 12.3. The van der Waals surface area contributed by atoms with Crippen LogP contribution in [0.3, 0.4) is 0 Å². The van der Waals surface area contributed by atoms with Crippen LogP contribution in [0.1, 0.15) is 5.56 Å². The molecule has 5 heteroatoms. The molecule has 0 bridgehead atoms. The molecule has 1 aromatic heterocycles. The second-order valence-electron chi connectivity index (χ2n) is 7.04. The predicted molar refractivity (Wildman–Crippen MR) is 132 cm³/mol. The van der Waals surface area contributed by atoms with Crippen LogP contribution in [-0.2, 0) is 4.79 Å². The van der Waals surface area contributed by atoms with Gasteiger partial charge in [-0.3, -0.25) is 4.79 Å². The topological polar surface area (TPSA) is 47.6 Å². The van der Waals surface area contributed by atoms with Crippen LogP contribution in [0.4, 0.5) is 5.69 Å². The van der Waals surface area contributed by atoms with Crippen LogP contribution < -0.4 is 14.8 Å². The predicted octanol–water partition coefficient (Wildman–Crippen LogP) is 6.75. The molecular formula is C27H23NO3S. The van der Waals surface area contributed by atoms with Gasteiger partial charge in [0.15, 0.2) is 0 Å². The van der Waals surface area contributed by atoms with Crippen LogP contribution >= 0.6 is 11.3 Å². The Labute approximate surface area is 191 Å². The molecule has 1 heterocycles. The SMILES string of the molecule is COc1cccc(-c2ccc(-c3ccc(OC)c(/C=C/C(=O)Nc4ccccc4)c3)s2)c1. The number of ether oxygens (including phenoxy) is 2. The van der Waals surface area contributed by atoms with Crippen molar-refractivity contribution in [1.82, 2.24) is 0 Å². The van der Waals surface area contributed by atoms with E-state index in [0.717, 1.165) is 37.9 Å². The van der Waals surface area contributed by atoms with Crippen LogP contribution in [-0.4, -0.2) is 20.1 Å². The van der Waals surface area contributed by atoms with Crippen LogP contribution in [0.25, 0.3) is 27.0 Å². The van der Waals surface area contributed by atoms with E-state index in [2.05, 4.69) is 23.5 Å². The third kappa shape index (κ3) is 5.07. The van der Waals surface area contributed by atoms with Gasteiger partial charge in [0.2, 0.25) is 5.91 Å². The van der Waals surface area contributed by atoms with Gasteiger partial charge >= 0.3 is 0 Å². The fraction of sp³-hybridized carbons (Fsp3) is 0.0741. The van der Waals surface area contributed by atoms with Crippen molar-refractivity contribution in [3.8, 4) is 32.4 Å². The number of carbonyl (C=O) groups is 1. The van der Waals surface area contributed by atoms with Gasteiger partial charge in [-0.15, -0.1) is 11.3 Å². The minimum Gasteiger partial charge on any atom is -0.497 e. The van der Waals surface area contributed by atoms with E-state index in [-0.39, 0.29) is 5.91 Å². The van der Waals surface area contributed by atoms with Crippen molar-refractivity contribution in [3.63, 3.8) is 0 Å². The number of carbonyl (C=O) groups excluding carboxylic acids is 1. The minimum absolute atomic E-state index is 0.194. The number of methoxy groups -OCH3 is 2. The van der Waals surface area contributed by atoms with Gasteiger partial charge < -0.3 is 14.8 Å². The van der Waals surface area contributed by atoms with E-state index in [4.69, 9.17) is 9.47 Å². The maximum absolute atomic E-state index is 12.3. The van der Waals surface area contributed by atoms with Crippen LogP contribution in [0.5, 0.6) is 11.5 Å². The number of anilines is 1. The molecule has 0 aliphatic heterocycles. The van der Waals surface area contributed by atoms with Crippen molar-refractivity contribution >= 4 is 29.0 Å². The lowest BCUT2D eigenvalue weighted by Gasteiger charge is -2.07. The zero-order chi connectivity index (χ0) is 22.3. The lowest BCUT2D eigenvalue weighted by atomic mass is 10.1. The molecule has 1 N–H and O–H groups in total. The number of amides is 1. The molecule has 0 radical (unpaired) electrons. The summed E-state index contributed by atoms with van der Waals surface area (Å²) in [6, 6.07) is 27.6. The summed E-state index contributed by atoms with van der Waals surface area (Å²) in [6.45, 7) is 0. The summed E-state index contributed by atoms with van der Waals surface area (Å²) in [5.41, 5.74) is 3.77. The summed E-state index contributed by atoms with van der Waals surface area (Å²) in [6.07, 6.45) is 3.29. The minimum atomic E-state index is -0.194. The second-order valence-corrected chi connectivity index (χ2v) is 8.12. The summed E-state index contributed by atoms with van der Waals surface area (Å²) >= 11 is 1.71. The third-order valence-corrected chi connectivity index (χ3v) is 6.11. The quantitative estimate of drug-likeness (QED) is 0.323. The Morgan fingerprint density at radius 2 is 1.56 bits per heavy atom. The van der Waals surface area contributed by atoms with Crippen molar-refractivity contribution in [2.45, 2.75) is 0 Å². The van der Waals surface area contributed by atoms with Crippen LogP contribution in [0.15, 0.2) is 91.0 Å². The molecule has 4 rings (SSSR count). The van der Waals surface area contributed by atoms with Crippen molar-refractivity contribution in [2.24, 2.45) is 0 Å². The first kappa shape index (κ1) is 21.4. The Morgan fingerprint density at radius 3 is 2.28 bits per heavy atom. The standard InChI is InChI=1S/C27H23NO3S/c1-30-23-10-6-7-20(18-23)25-14-15-26(32-25)21-11-13-24(31-2)19(17-21)12-16-27(29)28-22-8-4-3-5-9-22/h3-18H,1-2H3,(H,28,29)/b16-12+. The van der Waals surface area contributed by atoms with Crippen LogP contribution in [0.2, 0.25) is 0 Å². The summed E-state index contributed by atoms with van der Waals surface area (Å²) < 4.78 is 10.8.